The van der Waals surface area contributed by atoms with E-state index >= 15 is 0 Å². The molecule has 1 rings (SSSR count). The summed E-state index contributed by atoms with van der Waals surface area (Å²) in [5, 5.41) is 4.23. The molecule has 0 spiro atoms. The molecule has 1 aromatic rings. The fourth-order valence-corrected chi connectivity index (χ4v) is 1.69. The smallest absolute Gasteiger partial charge is 0.155 e. The van der Waals surface area contributed by atoms with E-state index in [9.17, 15) is 4.79 Å². The van der Waals surface area contributed by atoms with Crippen molar-refractivity contribution >= 4 is 12.1 Å². The molecular formula is C10H17N3O. The van der Waals surface area contributed by atoms with Crippen molar-refractivity contribution < 1.29 is 4.79 Å². The van der Waals surface area contributed by atoms with Crippen LogP contribution in [-0.2, 0) is 7.05 Å². The third-order valence-corrected chi connectivity index (χ3v) is 2.28. The summed E-state index contributed by atoms with van der Waals surface area (Å²) in [7, 11) is 3.84. The number of aryl methyl sites for hydroxylation is 2. The lowest BCUT2D eigenvalue weighted by molar-refractivity contribution is 0.112. The molecule has 0 aliphatic carbocycles. The Morgan fingerprint density at radius 1 is 1.57 bits per heavy atom. The highest BCUT2D eigenvalue weighted by Gasteiger charge is 2.15. The molecule has 0 N–H and O–H groups in total. The normalized spacial score (nSPS) is 10.3. The summed E-state index contributed by atoms with van der Waals surface area (Å²) in [6.45, 7) is 4.90. The second-order valence-corrected chi connectivity index (χ2v) is 3.49. The van der Waals surface area contributed by atoms with E-state index in [-0.39, 0.29) is 0 Å². The van der Waals surface area contributed by atoms with E-state index in [0.29, 0.717) is 5.56 Å². The van der Waals surface area contributed by atoms with Crippen molar-refractivity contribution in [3.8, 4) is 0 Å². The first kappa shape index (κ1) is 10.8. The maximum absolute atomic E-state index is 10.9. The molecule has 0 fully saturated rings. The Balaban J connectivity index is 3.10. The number of aromatic nitrogens is 2. The van der Waals surface area contributed by atoms with Gasteiger partial charge in [0.2, 0.25) is 0 Å². The molecule has 0 aliphatic rings. The highest BCUT2D eigenvalue weighted by Crippen LogP contribution is 2.19. The maximum atomic E-state index is 10.9. The maximum Gasteiger partial charge on any atom is 0.155 e. The van der Waals surface area contributed by atoms with Crippen LogP contribution in [-0.4, -0.2) is 29.7 Å². The van der Waals surface area contributed by atoms with Gasteiger partial charge in [-0.05, 0) is 13.3 Å². The molecule has 0 saturated carbocycles. The van der Waals surface area contributed by atoms with Crippen LogP contribution < -0.4 is 4.90 Å². The Bertz CT molecular complexity index is 330. The SMILES string of the molecule is CCCN(C)c1c(C=O)c(C)nn1C. The number of carbonyl (C=O) groups excluding carboxylic acids is 1. The van der Waals surface area contributed by atoms with Crippen LogP contribution in [0.4, 0.5) is 5.82 Å². The number of rotatable bonds is 4. The molecule has 0 bridgehead atoms. The summed E-state index contributed by atoms with van der Waals surface area (Å²) in [6.07, 6.45) is 1.93. The van der Waals surface area contributed by atoms with E-state index in [1.165, 1.54) is 0 Å². The lowest BCUT2D eigenvalue weighted by Gasteiger charge is -2.18. The Kier molecular flexibility index (Phi) is 3.28. The van der Waals surface area contributed by atoms with Gasteiger partial charge < -0.3 is 4.90 Å². The van der Waals surface area contributed by atoms with Gasteiger partial charge in [-0.3, -0.25) is 9.48 Å². The molecule has 1 heterocycles. The predicted molar refractivity (Wildman–Crippen MR) is 56.9 cm³/mol. The number of anilines is 1. The Morgan fingerprint density at radius 2 is 2.21 bits per heavy atom. The van der Waals surface area contributed by atoms with Gasteiger partial charge in [0.05, 0.1) is 11.3 Å². The molecule has 0 aromatic carbocycles. The lowest BCUT2D eigenvalue weighted by Crippen LogP contribution is -2.21. The van der Waals surface area contributed by atoms with Crippen LogP contribution in [0, 0.1) is 6.92 Å². The number of hydrogen-bond acceptors (Lipinski definition) is 3. The van der Waals surface area contributed by atoms with Crippen molar-refractivity contribution in [3.63, 3.8) is 0 Å². The van der Waals surface area contributed by atoms with Crippen molar-refractivity contribution in [2.24, 2.45) is 7.05 Å². The standard InChI is InChI=1S/C10H17N3O/c1-5-6-12(3)10-9(7-14)8(2)11-13(10)4/h7H,5-6H2,1-4H3. The van der Waals surface area contributed by atoms with E-state index in [2.05, 4.69) is 16.9 Å². The molecule has 4 heteroatoms. The molecule has 0 radical (unpaired) electrons. The summed E-state index contributed by atoms with van der Waals surface area (Å²) in [5.74, 6) is 0.902. The van der Waals surface area contributed by atoms with Gasteiger partial charge in [-0.1, -0.05) is 6.92 Å². The molecule has 0 amide bonds. The summed E-state index contributed by atoms with van der Waals surface area (Å²) in [5.41, 5.74) is 1.49. The molecule has 78 valence electrons. The van der Waals surface area contributed by atoms with Gasteiger partial charge in [-0.25, -0.2) is 0 Å². The Labute approximate surface area is 84.5 Å². The Morgan fingerprint density at radius 3 is 2.71 bits per heavy atom. The fraction of sp³-hybridized carbons (Fsp3) is 0.600. The first-order valence-corrected chi connectivity index (χ1v) is 4.81. The summed E-state index contributed by atoms with van der Waals surface area (Å²) >= 11 is 0. The lowest BCUT2D eigenvalue weighted by atomic mass is 10.2. The molecule has 0 atom stereocenters. The van der Waals surface area contributed by atoms with E-state index in [4.69, 9.17) is 0 Å². The second kappa shape index (κ2) is 4.26. The zero-order valence-corrected chi connectivity index (χ0v) is 9.24. The largest absolute Gasteiger partial charge is 0.359 e. The average molecular weight is 195 g/mol. The molecule has 0 unspecified atom stereocenters. The van der Waals surface area contributed by atoms with Crippen LogP contribution in [0.3, 0.4) is 0 Å². The van der Waals surface area contributed by atoms with Gasteiger partial charge in [0.25, 0.3) is 0 Å². The average Bonchev–Trinajstić information content (AvgIpc) is 2.40. The van der Waals surface area contributed by atoms with Gasteiger partial charge >= 0.3 is 0 Å². The first-order chi connectivity index (χ1) is 6.61. The first-order valence-electron chi connectivity index (χ1n) is 4.81. The van der Waals surface area contributed by atoms with Crippen LogP contribution in [0.5, 0.6) is 0 Å². The topological polar surface area (TPSA) is 38.1 Å². The van der Waals surface area contributed by atoms with E-state index < -0.39 is 0 Å². The van der Waals surface area contributed by atoms with Crippen molar-refractivity contribution in [1.29, 1.82) is 0 Å². The van der Waals surface area contributed by atoms with Crippen molar-refractivity contribution in [2.45, 2.75) is 20.3 Å². The number of nitrogens with zero attached hydrogens (tertiary/aromatic N) is 3. The molecular weight excluding hydrogens is 178 g/mol. The Hall–Kier alpha value is -1.32. The van der Waals surface area contributed by atoms with E-state index in [0.717, 1.165) is 30.8 Å². The highest BCUT2D eigenvalue weighted by atomic mass is 16.1. The van der Waals surface area contributed by atoms with E-state index in [1.54, 1.807) is 4.68 Å². The quantitative estimate of drug-likeness (QED) is 0.681. The molecule has 14 heavy (non-hydrogen) atoms. The monoisotopic (exact) mass is 195 g/mol. The zero-order valence-electron chi connectivity index (χ0n) is 9.24. The summed E-state index contributed by atoms with van der Waals surface area (Å²) < 4.78 is 1.76. The molecule has 0 aliphatic heterocycles. The van der Waals surface area contributed by atoms with Gasteiger partial charge in [0, 0.05) is 20.6 Å². The van der Waals surface area contributed by atoms with Crippen molar-refractivity contribution in [3.05, 3.63) is 11.3 Å². The second-order valence-electron chi connectivity index (χ2n) is 3.49. The minimum atomic E-state index is 0.698. The van der Waals surface area contributed by atoms with E-state index in [1.807, 2.05) is 21.0 Å². The van der Waals surface area contributed by atoms with Gasteiger partial charge in [0.1, 0.15) is 5.82 Å². The van der Waals surface area contributed by atoms with Crippen molar-refractivity contribution in [1.82, 2.24) is 9.78 Å². The van der Waals surface area contributed by atoms with Gasteiger partial charge in [0.15, 0.2) is 6.29 Å². The molecule has 4 nitrogen and oxygen atoms in total. The number of carbonyl (C=O) groups is 1. The van der Waals surface area contributed by atoms with Crippen LogP contribution in [0.15, 0.2) is 0 Å². The minimum Gasteiger partial charge on any atom is -0.359 e. The van der Waals surface area contributed by atoms with Crippen LogP contribution >= 0.6 is 0 Å². The summed E-state index contributed by atoms with van der Waals surface area (Å²) in [4.78, 5) is 12.9. The third-order valence-electron chi connectivity index (χ3n) is 2.28. The van der Waals surface area contributed by atoms with Crippen molar-refractivity contribution in [2.75, 3.05) is 18.5 Å². The zero-order chi connectivity index (χ0) is 10.7. The van der Waals surface area contributed by atoms with Gasteiger partial charge in [-0.15, -0.1) is 0 Å². The number of hydrogen-bond donors (Lipinski definition) is 0. The molecule has 0 saturated heterocycles. The molecule has 1 aromatic heterocycles. The fourth-order valence-electron chi connectivity index (χ4n) is 1.69. The predicted octanol–water partition coefficient (Wildman–Crippen LogP) is 1.39. The van der Waals surface area contributed by atoms with Gasteiger partial charge in [-0.2, -0.15) is 5.10 Å². The van der Waals surface area contributed by atoms with Crippen LogP contribution in [0.2, 0.25) is 0 Å². The van der Waals surface area contributed by atoms with Crippen LogP contribution in [0.25, 0.3) is 0 Å². The highest BCUT2D eigenvalue weighted by molar-refractivity contribution is 5.84. The summed E-state index contributed by atoms with van der Waals surface area (Å²) in [6, 6.07) is 0. The van der Waals surface area contributed by atoms with Crippen LogP contribution in [0.1, 0.15) is 29.4 Å². The number of aldehydes is 1. The third kappa shape index (κ3) is 1.78. The minimum absolute atomic E-state index is 0.698.